The van der Waals surface area contributed by atoms with Crippen LogP contribution in [-0.2, 0) is 41.7 Å². The zero-order chi connectivity index (χ0) is 56.0. The number of aryl methyl sites for hydroxylation is 2. The average molecular weight is 1070 g/mol. The quantitative estimate of drug-likeness (QED) is 0.0205. The fourth-order valence-corrected chi connectivity index (χ4v) is 9.13. The molecule has 5 aromatic rings. The number of ketones is 1. The zero-order valence-electron chi connectivity index (χ0n) is 45.0. The fourth-order valence-electron chi connectivity index (χ4n) is 9.13. The standard InChI is InChI=1S/C60H69BF2N6O9/c1-40-18-17-19-41(2)57(40)59(74)77-39-54(70)50(67-58(73)52(36-44-20-9-6-10-21-44)68-60(75)78-38-45-22-11-7-12-23-45)24-14-16-35-64-55(71)25-13-8-15-34-65-56(72)33-31-49-42(3)51(66-43(49)4)37-47-28-32-53(69(47)61(62)63)46-26-29-48(76-5)30-27-46/h6-7,9-12,17-23,26-30,32,37,50,52H,8,13-16,24-25,31,33-36,38-39H2,1-5H3,(H,64,71)(H,65,72)(H,67,73)(H,68,75)/b51-37-/t50-,52?/m1/s1. The van der Waals surface area contributed by atoms with E-state index in [1.807, 2.05) is 68.4 Å². The Hall–Kier alpha value is -8.15. The molecule has 4 amide bonds. The molecule has 0 saturated carbocycles. The Kier molecular flexibility index (Phi) is 22.7. The molecule has 4 aromatic carbocycles. The van der Waals surface area contributed by atoms with Crippen LogP contribution in [0, 0.1) is 13.8 Å². The maximum absolute atomic E-state index is 14.4. The number of nitrogens with one attached hydrogen (secondary N) is 4. The number of rotatable bonds is 29. The Morgan fingerprint density at radius 3 is 1.97 bits per heavy atom. The molecule has 0 spiro atoms. The number of aliphatic imine (C=N–C) groups is 1. The Morgan fingerprint density at radius 1 is 0.679 bits per heavy atom. The summed E-state index contributed by atoms with van der Waals surface area (Å²) < 4.78 is 45.9. The molecule has 0 radical (unpaired) electrons. The second-order valence-corrected chi connectivity index (χ2v) is 19.2. The molecule has 1 aliphatic heterocycles. The summed E-state index contributed by atoms with van der Waals surface area (Å²) in [4.78, 5) is 84.1. The van der Waals surface area contributed by atoms with E-state index in [0.717, 1.165) is 32.5 Å². The maximum Gasteiger partial charge on any atom is 0.678 e. The number of hydrogen-bond donors (Lipinski definition) is 4. The molecule has 2 atom stereocenters. The third-order valence-corrected chi connectivity index (χ3v) is 13.5. The lowest BCUT2D eigenvalue weighted by Gasteiger charge is -2.23. The molecule has 410 valence electrons. The van der Waals surface area contributed by atoms with Crippen LogP contribution in [0.4, 0.5) is 13.4 Å². The first-order valence-corrected chi connectivity index (χ1v) is 26.3. The number of hydrogen-bond acceptors (Lipinski definition) is 10. The van der Waals surface area contributed by atoms with Crippen molar-refractivity contribution < 1.29 is 51.6 Å². The van der Waals surface area contributed by atoms with Crippen LogP contribution in [0.2, 0.25) is 0 Å². The molecule has 15 nitrogen and oxygen atoms in total. The van der Waals surface area contributed by atoms with E-state index >= 15 is 0 Å². The van der Waals surface area contributed by atoms with Crippen molar-refractivity contribution in [2.75, 3.05) is 26.8 Å². The van der Waals surface area contributed by atoms with E-state index < -0.39 is 49.8 Å². The molecule has 0 fully saturated rings. The summed E-state index contributed by atoms with van der Waals surface area (Å²) >= 11 is 0. The average Bonchev–Trinajstić information content (AvgIpc) is 3.98. The molecule has 78 heavy (non-hydrogen) atoms. The van der Waals surface area contributed by atoms with Gasteiger partial charge in [-0.15, -0.1) is 0 Å². The van der Waals surface area contributed by atoms with Gasteiger partial charge >= 0.3 is 19.5 Å². The van der Waals surface area contributed by atoms with E-state index in [9.17, 15) is 37.4 Å². The number of carbonyl (C=O) groups excluding carboxylic acids is 6. The highest BCUT2D eigenvalue weighted by molar-refractivity contribution is 6.42. The minimum Gasteiger partial charge on any atom is -0.497 e. The Morgan fingerprint density at radius 2 is 1.32 bits per heavy atom. The van der Waals surface area contributed by atoms with Crippen molar-refractivity contribution in [1.29, 1.82) is 0 Å². The summed E-state index contributed by atoms with van der Waals surface area (Å²) in [6.07, 6.45) is 4.94. The number of halogens is 2. The van der Waals surface area contributed by atoms with Gasteiger partial charge in [0.2, 0.25) is 17.7 Å². The molecular formula is C60H69BF2N6O9. The number of aromatic nitrogens is 1. The number of carbonyl (C=O) groups is 6. The topological polar surface area (TPSA) is 196 Å². The van der Waals surface area contributed by atoms with Crippen LogP contribution in [0.15, 0.2) is 137 Å². The van der Waals surface area contributed by atoms with Gasteiger partial charge in [-0.3, -0.25) is 32.8 Å². The number of Topliss-reactive ketones (excluding diaryl/α,β-unsaturated/α-hetero) is 1. The van der Waals surface area contributed by atoms with E-state index in [1.54, 1.807) is 87.7 Å². The first-order valence-electron chi connectivity index (χ1n) is 26.3. The van der Waals surface area contributed by atoms with E-state index in [0.29, 0.717) is 96.7 Å². The van der Waals surface area contributed by atoms with E-state index in [2.05, 4.69) is 26.3 Å². The first-order chi connectivity index (χ1) is 37.6. The van der Waals surface area contributed by atoms with Gasteiger partial charge < -0.3 is 40.0 Å². The summed E-state index contributed by atoms with van der Waals surface area (Å²) in [5.74, 6) is -1.47. The van der Waals surface area contributed by atoms with Gasteiger partial charge in [0, 0.05) is 49.5 Å². The molecular weight excluding hydrogens is 998 g/mol. The van der Waals surface area contributed by atoms with Crippen LogP contribution in [0.1, 0.15) is 110 Å². The van der Waals surface area contributed by atoms with Gasteiger partial charge in [0.25, 0.3) is 0 Å². The van der Waals surface area contributed by atoms with Crippen molar-refractivity contribution in [3.8, 4) is 17.0 Å². The molecule has 4 N–H and O–H groups in total. The lowest BCUT2D eigenvalue weighted by molar-refractivity contribution is -0.130. The lowest BCUT2D eigenvalue weighted by Crippen LogP contribution is -2.53. The first kappa shape index (κ1) is 59.1. The third kappa shape index (κ3) is 17.7. The van der Waals surface area contributed by atoms with Gasteiger partial charge in [0.15, 0.2) is 12.4 Å². The minimum atomic E-state index is -2.78. The summed E-state index contributed by atoms with van der Waals surface area (Å²) in [6.45, 7) is 7.43. The van der Waals surface area contributed by atoms with Crippen LogP contribution >= 0.6 is 0 Å². The third-order valence-electron chi connectivity index (χ3n) is 13.5. The Balaban J connectivity index is 0.930. The predicted molar refractivity (Wildman–Crippen MR) is 298 cm³/mol. The highest BCUT2D eigenvalue weighted by Gasteiger charge is 2.29. The van der Waals surface area contributed by atoms with Crippen LogP contribution in [0.3, 0.4) is 0 Å². The smallest absolute Gasteiger partial charge is 0.497 e. The molecule has 1 aromatic heterocycles. The number of nitrogens with zero attached hydrogens (tertiary/aromatic N) is 2. The lowest BCUT2D eigenvalue weighted by atomic mass is 10.0. The Bertz CT molecular complexity index is 2940. The molecule has 1 unspecified atom stereocenters. The summed E-state index contributed by atoms with van der Waals surface area (Å²) in [5, 5.41) is 11.3. The number of ether oxygens (including phenoxy) is 3. The van der Waals surface area contributed by atoms with Gasteiger partial charge in [0.05, 0.1) is 24.4 Å². The van der Waals surface area contributed by atoms with Crippen molar-refractivity contribution in [2.45, 2.75) is 111 Å². The molecule has 1 aliphatic rings. The fraction of sp³-hybridized carbons (Fsp3) is 0.350. The predicted octanol–water partition coefficient (Wildman–Crippen LogP) is 9.88. The van der Waals surface area contributed by atoms with Crippen molar-refractivity contribution in [3.05, 3.63) is 166 Å². The van der Waals surface area contributed by atoms with Crippen molar-refractivity contribution in [2.24, 2.45) is 4.99 Å². The van der Waals surface area contributed by atoms with E-state index in [-0.39, 0.29) is 44.1 Å². The highest BCUT2D eigenvalue weighted by atomic mass is 19.2. The van der Waals surface area contributed by atoms with E-state index in [1.165, 1.54) is 0 Å². The van der Waals surface area contributed by atoms with Crippen LogP contribution in [-0.4, -0.2) is 92.0 Å². The molecule has 0 saturated heterocycles. The zero-order valence-corrected chi connectivity index (χ0v) is 45.0. The number of unbranched alkanes of at least 4 members (excludes halogenated alkanes) is 3. The van der Waals surface area contributed by atoms with Gasteiger partial charge in [-0.1, -0.05) is 85.3 Å². The van der Waals surface area contributed by atoms with Crippen LogP contribution < -0.4 is 26.0 Å². The second kappa shape index (κ2) is 30.0. The summed E-state index contributed by atoms with van der Waals surface area (Å²) in [6, 6.07) is 31.6. The van der Waals surface area contributed by atoms with Crippen molar-refractivity contribution >= 4 is 54.8 Å². The number of alkyl carbamates (subject to hydrolysis) is 1. The molecule has 6 rings (SSSR count). The number of amides is 4. The molecule has 0 aliphatic carbocycles. The highest BCUT2D eigenvalue weighted by Crippen LogP contribution is 2.32. The maximum atomic E-state index is 14.4. The van der Waals surface area contributed by atoms with Gasteiger partial charge in [-0.05, 0) is 148 Å². The van der Waals surface area contributed by atoms with E-state index in [4.69, 9.17) is 14.2 Å². The van der Waals surface area contributed by atoms with Crippen LogP contribution in [0.5, 0.6) is 5.75 Å². The number of benzene rings is 4. The number of allylic oxidation sites excluding steroid dienone is 2. The number of methoxy groups -OCH3 is 1. The number of esters is 1. The Labute approximate surface area is 455 Å². The molecule has 18 heteroatoms. The summed E-state index contributed by atoms with van der Waals surface area (Å²) in [5.41, 5.74) is 7.61. The van der Waals surface area contributed by atoms with Crippen molar-refractivity contribution in [3.63, 3.8) is 0 Å². The minimum absolute atomic E-state index is 0.0159. The van der Waals surface area contributed by atoms with Crippen LogP contribution in [0.25, 0.3) is 17.3 Å². The summed E-state index contributed by atoms with van der Waals surface area (Å²) in [7, 11) is -1.24. The largest absolute Gasteiger partial charge is 0.678 e. The van der Waals surface area contributed by atoms with Gasteiger partial charge in [0.1, 0.15) is 18.4 Å². The second-order valence-electron chi connectivity index (χ2n) is 19.2. The van der Waals surface area contributed by atoms with Gasteiger partial charge in [-0.2, -0.15) is 0 Å². The molecule has 0 bridgehead atoms. The van der Waals surface area contributed by atoms with Crippen molar-refractivity contribution in [1.82, 2.24) is 25.7 Å². The van der Waals surface area contributed by atoms with Gasteiger partial charge in [-0.25, -0.2) is 9.59 Å². The normalized spacial score (nSPS) is 13.3. The molecule has 2 heterocycles. The monoisotopic (exact) mass is 1070 g/mol. The SMILES string of the molecule is COc1ccc(-c2ccc(/C=C3\N=C(C)C(CCC(=O)NCCCCCC(=O)NCCCC[C@@H](NC(=O)C(Cc4ccccc4)NC(=O)OCc4ccccc4)C(=O)COC(=O)c4c(C)cccc4C)=C3C)n2B(F)F)cc1.